The number of aliphatic imine (C=N–C) groups is 1. The third kappa shape index (κ3) is 6.94. The van der Waals surface area contributed by atoms with Crippen molar-refractivity contribution in [3.05, 3.63) is 29.8 Å². The summed E-state index contributed by atoms with van der Waals surface area (Å²) < 4.78 is 6.01. The number of rotatable bonds is 7. The van der Waals surface area contributed by atoms with Gasteiger partial charge in [0.15, 0.2) is 5.96 Å². The van der Waals surface area contributed by atoms with Crippen LogP contribution >= 0.6 is 0 Å². The van der Waals surface area contributed by atoms with Crippen LogP contribution in [0.3, 0.4) is 0 Å². The molecule has 1 heterocycles. The highest BCUT2D eigenvalue weighted by Gasteiger charge is 2.17. The summed E-state index contributed by atoms with van der Waals surface area (Å²) in [4.78, 5) is 7.11. The Morgan fingerprint density at radius 3 is 2.88 bits per heavy atom. The summed E-state index contributed by atoms with van der Waals surface area (Å²) in [5.41, 5.74) is 1.16. The Morgan fingerprint density at radius 2 is 2.16 bits per heavy atom. The van der Waals surface area contributed by atoms with E-state index in [1.165, 1.54) is 25.9 Å². The lowest BCUT2D eigenvalue weighted by molar-refractivity contribution is 0.210. The van der Waals surface area contributed by atoms with Gasteiger partial charge < -0.3 is 20.3 Å². The number of aryl methyl sites for hydroxylation is 1. The number of hydrogen-bond donors (Lipinski definition) is 2. The van der Waals surface area contributed by atoms with Gasteiger partial charge >= 0.3 is 0 Å². The molecule has 2 N–H and O–H groups in total. The molecule has 0 spiro atoms. The summed E-state index contributed by atoms with van der Waals surface area (Å²) in [6.07, 6.45) is 2.62. The van der Waals surface area contributed by atoms with Gasteiger partial charge in [-0.1, -0.05) is 18.2 Å². The first-order valence-corrected chi connectivity index (χ1v) is 9.51. The SMILES string of the molecule is CCNC(=NCC(C)Oc1ccccc1C)NCC1CCCN(C)C1. The van der Waals surface area contributed by atoms with E-state index < -0.39 is 0 Å². The molecule has 0 amide bonds. The van der Waals surface area contributed by atoms with E-state index in [0.717, 1.165) is 30.4 Å². The Hall–Kier alpha value is -1.75. The third-order valence-electron chi connectivity index (χ3n) is 4.55. The number of guanidine groups is 1. The molecule has 1 fully saturated rings. The molecule has 2 unspecified atom stereocenters. The van der Waals surface area contributed by atoms with E-state index in [2.05, 4.69) is 49.4 Å². The van der Waals surface area contributed by atoms with E-state index >= 15 is 0 Å². The Labute approximate surface area is 152 Å². The molecule has 0 saturated carbocycles. The van der Waals surface area contributed by atoms with Crippen LogP contribution in [0.1, 0.15) is 32.3 Å². The molecule has 2 atom stereocenters. The number of benzene rings is 1. The molecular formula is C20H34N4O. The van der Waals surface area contributed by atoms with Gasteiger partial charge in [0, 0.05) is 19.6 Å². The number of likely N-dealkylation sites (tertiary alicyclic amines) is 1. The van der Waals surface area contributed by atoms with Gasteiger partial charge in [0.05, 0.1) is 6.54 Å². The maximum Gasteiger partial charge on any atom is 0.191 e. The smallest absolute Gasteiger partial charge is 0.191 e. The van der Waals surface area contributed by atoms with E-state index in [0.29, 0.717) is 12.5 Å². The van der Waals surface area contributed by atoms with Crippen LogP contribution in [0.5, 0.6) is 5.75 Å². The molecule has 0 bridgehead atoms. The average molecular weight is 347 g/mol. The highest BCUT2D eigenvalue weighted by atomic mass is 16.5. The molecule has 0 aliphatic carbocycles. The maximum absolute atomic E-state index is 6.01. The van der Waals surface area contributed by atoms with Crippen LogP contribution < -0.4 is 15.4 Å². The first-order valence-electron chi connectivity index (χ1n) is 9.51. The van der Waals surface area contributed by atoms with Crippen molar-refractivity contribution in [2.75, 3.05) is 39.8 Å². The van der Waals surface area contributed by atoms with Crippen LogP contribution in [-0.4, -0.2) is 56.7 Å². The lowest BCUT2D eigenvalue weighted by Crippen LogP contribution is -2.43. The fraction of sp³-hybridized carbons (Fsp3) is 0.650. The minimum Gasteiger partial charge on any atom is -0.489 e. The van der Waals surface area contributed by atoms with Crippen molar-refractivity contribution in [3.63, 3.8) is 0 Å². The first kappa shape index (κ1) is 19.6. The van der Waals surface area contributed by atoms with E-state index in [9.17, 15) is 0 Å². The summed E-state index contributed by atoms with van der Waals surface area (Å²) in [6.45, 7) is 11.1. The standard InChI is InChI=1S/C20H34N4O/c1-5-21-20(23-14-18-10-8-12-24(4)15-18)22-13-17(3)25-19-11-7-6-9-16(19)2/h6-7,9,11,17-18H,5,8,10,12-15H2,1-4H3,(H2,21,22,23). The Balaban J connectivity index is 1.82. The van der Waals surface area contributed by atoms with E-state index in [4.69, 9.17) is 9.73 Å². The van der Waals surface area contributed by atoms with Crippen LogP contribution in [0.4, 0.5) is 0 Å². The second-order valence-electron chi connectivity index (χ2n) is 7.06. The Bertz CT molecular complexity index is 546. The van der Waals surface area contributed by atoms with Crippen molar-refractivity contribution >= 4 is 5.96 Å². The van der Waals surface area contributed by atoms with Crippen molar-refractivity contribution < 1.29 is 4.74 Å². The molecule has 1 aromatic carbocycles. The lowest BCUT2D eigenvalue weighted by Gasteiger charge is -2.30. The van der Waals surface area contributed by atoms with E-state index in [-0.39, 0.29) is 6.10 Å². The van der Waals surface area contributed by atoms with E-state index in [1.54, 1.807) is 0 Å². The molecule has 0 aromatic heterocycles. The van der Waals surface area contributed by atoms with Crippen molar-refractivity contribution in [1.82, 2.24) is 15.5 Å². The number of piperidine rings is 1. The van der Waals surface area contributed by atoms with Crippen LogP contribution in [-0.2, 0) is 0 Å². The van der Waals surface area contributed by atoms with Crippen LogP contribution in [0.25, 0.3) is 0 Å². The lowest BCUT2D eigenvalue weighted by atomic mass is 9.99. The predicted octanol–water partition coefficient (Wildman–Crippen LogP) is 2.66. The molecule has 1 saturated heterocycles. The van der Waals surface area contributed by atoms with Gasteiger partial charge in [-0.3, -0.25) is 0 Å². The number of hydrogen-bond acceptors (Lipinski definition) is 3. The predicted molar refractivity (Wildman–Crippen MR) is 105 cm³/mol. The fourth-order valence-corrected chi connectivity index (χ4v) is 3.19. The number of nitrogens with zero attached hydrogens (tertiary/aromatic N) is 2. The summed E-state index contributed by atoms with van der Waals surface area (Å²) in [5.74, 6) is 2.52. The second kappa shape index (κ2) is 10.3. The summed E-state index contributed by atoms with van der Waals surface area (Å²) in [5, 5.41) is 6.83. The zero-order valence-corrected chi connectivity index (χ0v) is 16.2. The Kier molecular flexibility index (Phi) is 8.06. The minimum atomic E-state index is 0.0392. The number of ether oxygens (including phenoxy) is 1. The van der Waals surface area contributed by atoms with Gasteiger partial charge in [-0.15, -0.1) is 0 Å². The monoisotopic (exact) mass is 346 g/mol. The highest BCUT2D eigenvalue weighted by Crippen LogP contribution is 2.17. The molecular weight excluding hydrogens is 312 g/mol. The van der Waals surface area contributed by atoms with Crippen LogP contribution in [0.2, 0.25) is 0 Å². The zero-order valence-electron chi connectivity index (χ0n) is 16.2. The highest BCUT2D eigenvalue weighted by molar-refractivity contribution is 5.79. The van der Waals surface area contributed by atoms with E-state index in [1.807, 2.05) is 18.2 Å². The van der Waals surface area contributed by atoms with Crippen LogP contribution in [0, 0.1) is 12.8 Å². The summed E-state index contributed by atoms with van der Waals surface area (Å²) in [6, 6.07) is 8.11. The second-order valence-corrected chi connectivity index (χ2v) is 7.06. The van der Waals surface area contributed by atoms with Crippen LogP contribution in [0.15, 0.2) is 29.3 Å². The average Bonchev–Trinajstić information content (AvgIpc) is 2.59. The fourth-order valence-electron chi connectivity index (χ4n) is 3.19. The first-order chi connectivity index (χ1) is 12.1. The molecule has 25 heavy (non-hydrogen) atoms. The normalized spacial score (nSPS) is 20.2. The third-order valence-corrected chi connectivity index (χ3v) is 4.55. The number of nitrogens with one attached hydrogen (secondary N) is 2. The summed E-state index contributed by atoms with van der Waals surface area (Å²) >= 11 is 0. The van der Waals surface area contributed by atoms with Gasteiger partial charge in [-0.25, -0.2) is 4.99 Å². The minimum absolute atomic E-state index is 0.0392. The molecule has 1 aromatic rings. The van der Waals surface area contributed by atoms with Crippen molar-refractivity contribution in [3.8, 4) is 5.75 Å². The van der Waals surface area contributed by atoms with Gasteiger partial charge in [-0.2, -0.15) is 0 Å². The zero-order chi connectivity index (χ0) is 18.1. The van der Waals surface area contributed by atoms with Gasteiger partial charge in [0.25, 0.3) is 0 Å². The molecule has 1 aliphatic heterocycles. The largest absolute Gasteiger partial charge is 0.489 e. The Morgan fingerprint density at radius 1 is 1.36 bits per heavy atom. The van der Waals surface area contributed by atoms with Gasteiger partial charge in [0.1, 0.15) is 11.9 Å². The molecule has 0 radical (unpaired) electrons. The van der Waals surface area contributed by atoms with Crippen molar-refractivity contribution in [2.45, 2.75) is 39.7 Å². The maximum atomic E-state index is 6.01. The molecule has 5 heteroatoms. The van der Waals surface area contributed by atoms with Crippen molar-refractivity contribution in [2.24, 2.45) is 10.9 Å². The number of para-hydroxylation sites is 1. The molecule has 2 rings (SSSR count). The van der Waals surface area contributed by atoms with Gasteiger partial charge in [0.2, 0.25) is 0 Å². The van der Waals surface area contributed by atoms with Gasteiger partial charge in [-0.05, 0) is 64.8 Å². The quantitative estimate of drug-likeness (QED) is 0.589. The molecule has 140 valence electrons. The molecule has 5 nitrogen and oxygen atoms in total. The van der Waals surface area contributed by atoms with Crippen molar-refractivity contribution in [1.29, 1.82) is 0 Å². The topological polar surface area (TPSA) is 48.9 Å². The summed E-state index contributed by atoms with van der Waals surface area (Å²) in [7, 11) is 2.20. The molecule has 1 aliphatic rings.